The van der Waals surface area contributed by atoms with Crippen LogP contribution in [-0.4, -0.2) is 43.7 Å². The van der Waals surface area contributed by atoms with Gasteiger partial charge in [0, 0.05) is 24.4 Å². The van der Waals surface area contributed by atoms with E-state index in [9.17, 15) is 5.11 Å². The van der Waals surface area contributed by atoms with Crippen molar-refractivity contribution in [2.24, 2.45) is 5.92 Å². The number of nitrogens with zero attached hydrogens (tertiary/aromatic N) is 4. The standard InChI is InChI=1S/C24H34N6OS/c1-5-18(10-7-11-31)28-22-21(23-29-19-13-25-14(2)12-20(19)32-23)16(4)27-24(30-22)26-15(3)17-8-6-9-17/h12-13,15,17-18,31H,5-11H2,1-4H3,(H2,26,27,28,30)/t15-,18?/m1/s1. The molecule has 0 radical (unpaired) electrons. The molecule has 1 aliphatic carbocycles. The number of aliphatic hydroxyl groups is 1. The molecule has 0 amide bonds. The van der Waals surface area contributed by atoms with Gasteiger partial charge in [0.2, 0.25) is 5.95 Å². The number of hydrogen-bond donors (Lipinski definition) is 3. The lowest BCUT2D eigenvalue weighted by molar-refractivity contribution is 0.280. The van der Waals surface area contributed by atoms with Gasteiger partial charge in [-0.3, -0.25) is 4.98 Å². The molecule has 172 valence electrons. The fourth-order valence-corrected chi connectivity index (χ4v) is 5.34. The van der Waals surface area contributed by atoms with Gasteiger partial charge in [-0.25, -0.2) is 9.97 Å². The van der Waals surface area contributed by atoms with E-state index in [0.29, 0.717) is 17.9 Å². The Hall–Kier alpha value is -2.32. The van der Waals surface area contributed by atoms with Crippen LogP contribution in [-0.2, 0) is 0 Å². The Kier molecular flexibility index (Phi) is 7.20. The molecule has 7 nitrogen and oxygen atoms in total. The zero-order chi connectivity index (χ0) is 22.7. The molecule has 0 bridgehead atoms. The predicted molar refractivity (Wildman–Crippen MR) is 132 cm³/mol. The summed E-state index contributed by atoms with van der Waals surface area (Å²) in [5.74, 6) is 2.18. The van der Waals surface area contributed by atoms with Crippen LogP contribution in [0.15, 0.2) is 12.3 Å². The third kappa shape index (κ3) is 5.02. The molecule has 0 aromatic carbocycles. The van der Waals surface area contributed by atoms with E-state index < -0.39 is 0 Å². The maximum Gasteiger partial charge on any atom is 0.225 e. The average molecular weight is 455 g/mol. The summed E-state index contributed by atoms with van der Waals surface area (Å²) >= 11 is 1.65. The van der Waals surface area contributed by atoms with Crippen LogP contribution >= 0.6 is 11.3 Å². The molecule has 3 N–H and O–H groups in total. The Balaban J connectivity index is 1.72. The number of fused-ring (bicyclic) bond motifs is 1. The fourth-order valence-electron chi connectivity index (χ4n) is 4.21. The van der Waals surface area contributed by atoms with Crippen molar-refractivity contribution >= 4 is 33.3 Å². The minimum Gasteiger partial charge on any atom is -0.396 e. The van der Waals surface area contributed by atoms with Crippen LogP contribution in [0.2, 0.25) is 0 Å². The van der Waals surface area contributed by atoms with Gasteiger partial charge in [0.15, 0.2) is 0 Å². The first kappa shape index (κ1) is 22.9. The van der Waals surface area contributed by atoms with E-state index in [1.807, 2.05) is 20.0 Å². The SMILES string of the molecule is CCC(CCCO)Nc1nc(N[C@H](C)C2CCC2)nc(C)c1-c1nc2cnc(C)cc2s1. The van der Waals surface area contributed by atoms with Gasteiger partial charge in [-0.2, -0.15) is 4.98 Å². The summed E-state index contributed by atoms with van der Waals surface area (Å²) in [4.78, 5) is 19.0. The maximum atomic E-state index is 9.30. The molecule has 8 heteroatoms. The lowest BCUT2D eigenvalue weighted by Gasteiger charge is -2.32. The average Bonchev–Trinajstić information content (AvgIpc) is 3.11. The van der Waals surface area contributed by atoms with Crippen molar-refractivity contribution < 1.29 is 5.11 Å². The molecule has 0 saturated heterocycles. The van der Waals surface area contributed by atoms with E-state index in [0.717, 1.165) is 57.3 Å². The molecule has 2 atom stereocenters. The highest BCUT2D eigenvalue weighted by Gasteiger charge is 2.26. The van der Waals surface area contributed by atoms with Gasteiger partial charge in [-0.15, -0.1) is 11.3 Å². The molecule has 3 aromatic rings. The Morgan fingerprint density at radius 2 is 2.00 bits per heavy atom. The highest BCUT2D eigenvalue weighted by molar-refractivity contribution is 7.21. The summed E-state index contributed by atoms with van der Waals surface area (Å²) in [6, 6.07) is 2.66. The van der Waals surface area contributed by atoms with Crippen LogP contribution in [0.3, 0.4) is 0 Å². The van der Waals surface area contributed by atoms with E-state index in [1.54, 1.807) is 11.3 Å². The van der Waals surface area contributed by atoms with E-state index in [4.69, 9.17) is 15.0 Å². The molecule has 1 saturated carbocycles. The molecule has 32 heavy (non-hydrogen) atoms. The fraction of sp³-hybridized carbons (Fsp3) is 0.583. The van der Waals surface area contributed by atoms with E-state index in [1.165, 1.54) is 19.3 Å². The Labute approximate surface area is 194 Å². The number of aromatic nitrogens is 4. The molecule has 0 aliphatic heterocycles. The number of aryl methyl sites for hydroxylation is 2. The second-order valence-corrected chi connectivity index (χ2v) is 9.94. The lowest BCUT2D eigenvalue weighted by atomic mass is 9.80. The zero-order valence-electron chi connectivity index (χ0n) is 19.5. The van der Waals surface area contributed by atoms with Crippen LogP contribution in [0.5, 0.6) is 0 Å². The topological polar surface area (TPSA) is 95.8 Å². The highest BCUT2D eigenvalue weighted by Crippen LogP contribution is 2.37. The minimum absolute atomic E-state index is 0.198. The van der Waals surface area contributed by atoms with Gasteiger partial charge in [0.25, 0.3) is 0 Å². The van der Waals surface area contributed by atoms with Crippen molar-refractivity contribution in [1.29, 1.82) is 0 Å². The van der Waals surface area contributed by atoms with Crippen LogP contribution in [0, 0.1) is 19.8 Å². The number of hydrogen-bond acceptors (Lipinski definition) is 8. The third-order valence-corrected chi connectivity index (χ3v) is 7.51. The van der Waals surface area contributed by atoms with Crippen LogP contribution in [0.1, 0.15) is 63.8 Å². The third-order valence-electron chi connectivity index (χ3n) is 6.47. The number of rotatable bonds is 10. The first-order chi connectivity index (χ1) is 15.5. The molecular weight excluding hydrogens is 420 g/mol. The summed E-state index contributed by atoms with van der Waals surface area (Å²) in [6.45, 7) is 8.61. The van der Waals surface area contributed by atoms with Crippen molar-refractivity contribution in [1.82, 2.24) is 19.9 Å². The summed E-state index contributed by atoms with van der Waals surface area (Å²) in [6.07, 6.45) is 8.30. The van der Waals surface area contributed by atoms with Crippen molar-refractivity contribution in [2.45, 2.75) is 78.3 Å². The Morgan fingerprint density at radius 3 is 2.69 bits per heavy atom. The van der Waals surface area contributed by atoms with Gasteiger partial charge in [-0.05, 0) is 64.9 Å². The monoisotopic (exact) mass is 454 g/mol. The predicted octanol–water partition coefficient (Wildman–Crippen LogP) is 5.33. The van der Waals surface area contributed by atoms with Crippen molar-refractivity contribution in [3.63, 3.8) is 0 Å². The molecule has 3 aromatic heterocycles. The summed E-state index contributed by atoms with van der Waals surface area (Å²) in [5, 5.41) is 17.4. The highest BCUT2D eigenvalue weighted by atomic mass is 32.1. The second-order valence-electron chi connectivity index (χ2n) is 8.91. The number of anilines is 2. The van der Waals surface area contributed by atoms with E-state index in [2.05, 4.69) is 35.5 Å². The van der Waals surface area contributed by atoms with Gasteiger partial charge in [0.1, 0.15) is 16.3 Å². The Bertz CT molecular complexity index is 1060. The largest absolute Gasteiger partial charge is 0.396 e. The molecule has 3 heterocycles. The zero-order valence-corrected chi connectivity index (χ0v) is 20.3. The summed E-state index contributed by atoms with van der Waals surface area (Å²) in [7, 11) is 0. The molecule has 1 fully saturated rings. The Morgan fingerprint density at radius 1 is 1.19 bits per heavy atom. The quantitative estimate of drug-likeness (QED) is 0.381. The minimum atomic E-state index is 0.198. The van der Waals surface area contributed by atoms with Crippen LogP contribution in [0.4, 0.5) is 11.8 Å². The number of pyridine rings is 1. The summed E-state index contributed by atoms with van der Waals surface area (Å²) in [5.41, 5.74) is 3.74. The lowest BCUT2D eigenvalue weighted by Crippen LogP contribution is -2.31. The van der Waals surface area contributed by atoms with Crippen LogP contribution in [0.25, 0.3) is 20.8 Å². The molecular formula is C24H34N6OS. The molecule has 1 unspecified atom stereocenters. The van der Waals surface area contributed by atoms with Crippen LogP contribution < -0.4 is 10.6 Å². The first-order valence-corrected chi connectivity index (χ1v) is 12.6. The molecule has 1 aliphatic rings. The second kappa shape index (κ2) is 10.1. The van der Waals surface area contributed by atoms with Crippen molar-refractivity contribution in [2.75, 3.05) is 17.2 Å². The van der Waals surface area contributed by atoms with Gasteiger partial charge < -0.3 is 15.7 Å². The summed E-state index contributed by atoms with van der Waals surface area (Å²) < 4.78 is 1.12. The normalized spacial score (nSPS) is 16.0. The maximum absolute atomic E-state index is 9.30. The van der Waals surface area contributed by atoms with Gasteiger partial charge in [-0.1, -0.05) is 13.3 Å². The van der Waals surface area contributed by atoms with E-state index >= 15 is 0 Å². The van der Waals surface area contributed by atoms with Gasteiger partial charge in [0.05, 0.1) is 22.2 Å². The molecule has 0 spiro atoms. The van der Waals surface area contributed by atoms with Crippen molar-refractivity contribution in [3.8, 4) is 10.6 Å². The van der Waals surface area contributed by atoms with E-state index in [-0.39, 0.29) is 12.6 Å². The van der Waals surface area contributed by atoms with Crippen molar-refractivity contribution in [3.05, 3.63) is 23.7 Å². The number of thiazole rings is 1. The molecule has 4 rings (SSSR count). The number of nitrogens with one attached hydrogen (secondary N) is 2. The van der Waals surface area contributed by atoms with Gasteiger partial charge >= 0.3 is 0 Å². The smallest absolute Gasteiger partial charge is 0.225 e. The number of aliphatic hydroxyl groups excluding tert-OH is 1. The first-order valence-electron chi connectivity index (χ1n) is 11.7.